The standard InChI is InChI=1S/C8H10BO2/c1-11-7-2-3-8(9)6(4-7)5-10/h2-5H,1,9H3/q-1. The number of carbonyl (C=O) groups is 1. The average molecular weight is 149 g/mol. The summed E-state index contributed by atoms with van der Waals surface area (Å²) in [4.78, 5) is 10.5. The minimum absolute atomic E-state index is 0.104. The minimum atomic E-state index is 0.104. The molecule has 1 rings (SSSR count). The van der Waals surface area contributed by atoms with Gasteiger partial charge < -0.3 is 4.74 Å². The van der Waals surface area contributed by atoms with Gasteiger partial charge in [0.15, 0.2) is 0 Å². The van der Waals surface area contributed by atoms with Gasteiger partial charge in [0.25, 0.3) is 0 Å². The summed E-state index contributed by atoms with van der Waals surface area (Å²) in [7, 11) is 1.71. The third-order valence-electron chi connectivity index (χ3n) is 1.16. The van der Waals surface area contributed by atoms with E-state index in [0.717, 1.165) is 17.6 Å². The van der Waals surface area contributed by atoms with Crippen LogP contribution in [0.3, 0.4) is 0 Å². The molecule has 1 aromatic rings. The molecule has 0 heterocycles. The molecule has 0 aromatic heterocycles. The molecular formula is C8H10BO2-. The largest absolute Gasteiger partial charge is 0.497 e. The van der Waals surface area contributed by atoms with Gasteiger partial charge >= 0.3 is 0 Å². The van der Waals surface area contributed by atoms with Crippen molar-refractivity contribution in [2.75, 3.05) is 7.11 Å². The fraction of sp³-hybridized carbons (Fsp3) is 0.125. The summed E-state index contributed by atoms with van der Waals surface area (Å²) in [5.41, 5.74) is 2.02. The Kier molecular flexibility index (Phi) is 2.31. The van der Waals surface area contributed by atoms with Crippen LogP contribution in [0.25, 0.3) is 0 Å². The Hall–Kier alpha value is -1.25. The van der Waals surface area contributed by atoms with Gasteiger partial charge in [-0.3, -0.25) is 4.79 Å². The summed E-state index contributed by atoms with van der Waals surface area (Å²) < 4.78 is 4.98. The van der Waals surface area contributed by atoms with E-state index >= 15 is 0 Å². The molecule has 58 valence electrons. The highest BCUT2D eigenvalue weighted by Gasteiger charge is 1.93. The summed E-state index contributed by atoms with van der Waals surface area (Å²) in [6.07, 6.45) is 0.894. The maximum absolute atomic E-state index is 10.5. The molecule has 2 nitrogen and oxygen atoms in total. The van der Waals surface area contributed by atoms with Gasteiger partial charge in [-0.15, -0.1) is 0 Å². The number of benzene rings is 1. The van der Waals surface area contributed by atoms with Crippen LogP contribution in [-0.4, -0.2) is 21.2 Å². The molecule has 1 aromatic carbocycles. The van der Waals surface area contributed by atoms with Crippen LogP contribution in [-0.2, 0) is 0 Å². The van der Waals surface area contributed by atoms with Gasteiger partial charge in [-0.25, -0.2) is 5.46 Å². The van der Waals surface area contributed by atoms with E-state index in [1.807, 2.05) is 12.1 Å². The Balaban J connectivity index is 3.12. The lowest BCUT2D eigenvalue weighted by atomic mass is 9.91. The maximum Gasteiger partial charge on any atom is 0.146 e. The number of aldehydes is 1. The molecule has 0 saturated carbocycles. The quantitative estimate of drug-likeness (QED) is 0.418. The van der Waals surface area contributed by atoms with Gasteiger partial charge in [0.05, 0.1) is 7.11 Å². The maximum atomic E-state index is 10.5. The molecule has 0 aliphatic carbocycles. The Morgan fingerprint density at radius 1 is 1.55 bits per heavy atom. The van der Waals surface area contributed by atoms with Crippen molar-refractivity contribution in [3.05, 3.63) is 23.8 Å². The lowest BCUT2D eigenvalue weighted by Gasteiger charge is -2.05. The van der Waals surface area contributed by atoms with E-state index < -0.39 is 0 Å². The first-order chi connectivity index (χ1) is 5.27. The first kappa shape index (κ1) is 7.86. The van der Waals surface area contributed by atoms with E-state index in [4.69, 9.17) is 4.74 Å². The van der Waals surface area contributed by atoms with Gasteiger partial charge in [-0.1, -0.05) is 6.07 Å². The van der Waals surface area contributed by atoms with Crippen molar-refractivity contribution < 1.29 is 9.53 Å². The third kappa shape index (κ3) is 1.61. The van der Waals surface area contributed by atoms with Crippen molar-refractivity contribution in [3.63, 3.8) is 0 Å². The summed E-state index contributed by atoms with van der Waals surface area (Å²) in [6.45, 7) is 0. The van der Waals surface area contributed by atoms with Gasteiger partial charge in [0, 0.05) is 0 Å². The second-order valence-corrected chi connectivity index (χ2v) is 1.80. The first-order valence-corrected chi connectivity index (χ1v) is 2.87. The number of hydrogen-bond acceptors (Lipinski definition) is 2. The minimum Gasteiger partial charge on any atom is -0.497 e. The highest BCUT2D eigenvalue weighted by Crippen LogP contribution is 2.08. The molecule has 11 heavy (non-hydrogen) atoms. The molecule has 0 saturated heterocycles. The van der Waals surface area contributed by atoms with Crippen LogP contribution in [0, 0.1) is 0 Å². The highest BCUT2D eigenvalue weighted by atomic mass is 16.5. The van der Waals surface area contributed by atoms with Crippen LogP contribution < -0.4 is 10.2 Å². The van der Waals surface area contributed by atoms with Crippen molar-refractivity contribution in [1.29, 1.82) is 0 Å². The van der Waals surface area contributed by atoms with Crippen molar-refractivity contribution in [2.45, 2.75) is 0 Å². The highest BCUT2D eigenvalue weighted by molar-refractivity contribution is 6.35. The van der Waals surface area contributed by atoms with Crippen molar-refractivity contribution in [2.24, 2.45) is 0 Å². The molecule has 0 aliphatic heterocycles. The smallest absolute Gasteiger partial charge is 0.146 e. The molecule has 0 N–H and O–H groups in total. The summed E-state index contributed by atoms with van der Waals surface area (Å²) >= 11 is 0. The second-order valence-electron chi connectivity index (χ2n) is 1.80. The molecule has 0 bridgehead atoms. The van der Waals surface area contributed by atoms with Crippen LogP contribution in [0.15, 0.2) is 18.2 Å². The van der Waals surface area contributed by atoms with Gasteiger partial charge in [0.1, 0.15) is 12.0 Å². The monoisotopic (exact) mass is 149 g/mol. The van der Waals surface area contributed by atoms with Crippen LogP contribution >= 0.6 is 0 Å². The molecule has 0 spiro atoms. The lowest BCUT2D eigenvalue weighted by molar-refractivity contribution is 0.112. The van der Waals surface area contributed by atoms with E-state index in [9.17, 15) is 4.79 Å². The van der Waals surface area contributed by atoms with E-state index in [1.165, 1.54) is 5.46 Å². The Morgan fingerprint density at radius 2 is 2.27 bits per heavy atom. The van der Waals surface area contributed by atoms with Crippen molar-refractivity contribution >= 4 is 19.6 Å². The fourth-order valence-corrected chi connectivity index (χ4v) is 0.658. The molecule has 0 radical (unpaired) electrons. The average Bonchev–Trinajstić information content (AvgIpc) is 2.05. The van der Waals surface area contributed by atoms with E-state index in [1.54, 1.807) is 13.2 Å². The number of rotatable bonds is 2. The molecule has 3 heteroatoms. The number of hydrogen-bond donors (Lipinski definition) is 0. The first-order valence-electron chi connectivity index (χ1n) is 2.87. The molecular weight excluding hydrogens is 139 g/mol. The molecule has 0 amide bonds. The Labute approximate surface area is 66.6 Å². The van der Waals surface area contributed by atoms with Crippen LogP contribution in [0.1, 0.15) is 10.4 Å². The predicted molar refractivity (Wildman–Crippen MR) is 48.0 cm³/mol. The Morgan fingerprint density at radius 3 is 2.82 bits per heavy atom. The molecule has 0 unspecified atom stereocenters. The third-order valence-corrected chi connectivity index (χ3v) is 1.16. The fourth-order valence-electron chi connectivity index (χ4n) is 0.658. The lowest BCUT2D eigenvalue weighted by Crippen LogP contribution is -2.08. The van der Waals surface area contributed by atoms with E-state index in [2.05, 4.69) is 0 Å². The molecule has 0 atom stereocenters. The summed E-state index contributed by atoms with van der Waals surface area (Å²) in [6, 6.07) is 5.66. The summed E-state index contributed by atoms with van der Waals surface area (Å²) in [5.74, 6) is 0.760. The normalized spacial score (nSPS) is 9.27. The van der Waals surface area contributed by atoms with Crippen LogP contribution in [0.2, 0.25) is 0 Å². The second kappa shape index (κ2) is 3.24. The SMILES string of the molecule is [BH3-]c1ccc(OC)cc1C=O. The summed E-state index contributed by atoms with van der Waals surface area (Å²) in [5, 5.41) is 0. The number of ether oxygens (including phenoxy) is 1. The van der Waals surface area contributed by atoms with E-state index in [0.29, 0.717) is 0 Å². The van der Waals surface area contributed by atoms with Crippen LogP contribution in [0.5, 0.6) is 5.75 Å². The zero-order valence-electron chi connectivity index (χ0n) is 5.63. The van der Waals surface area contributed by atoms with E-state index in [-0.39, 0.29) is 7.85 Å². The molecule has 0 fully saturated rings. The number of carbonyl (C=O) groups excluding carboxylic acids is 1. The number of methoxy groups -OCH3 is 1. The van der Waals surface area contributed by atoms with Crippen molar-refractivity contribution in [1.82, 2.24) is 0 Å². The Bertz CT molecular complexity index is 271. The van der Waals surface area contributed by atoms with Gasteiger partial charge in [-0.05, 0) is 25.5 Å². The predicted octanol–water partition coefficient (Wildman–Crippen LogP) is -0.502. The van der Waals surface area contributed by atoms with Gasteiger partial charge in [0.2, 0.25) is 0 Å². The van der Waals surface area contributed by atoms with Crippen LogP contribution in [0.4, 0.5) is 0 Å². The molecule has 0 aliphatic rings. The topological polar surface area (TPSA) is 26.3 Å². The van der Waals surface area contributed by atoms with Crippen molar-refractivity contribution in [3.8, 4) is 5.75 Å². The van der Waals surface area contributed by atoms with Gasteiger partial charge in [-0.2, -0.15) is 0 Å². The zero-order chi connectivity index (χ0) is 8.27. The zero-order valence-corrected chi connectivity index (χ0v) is 5.63.